The molecular formula is C16H25NO. The van der Waals surface area contributed by atoms with Crippen LogP contribution < -0.4 is 10.1 Å². The normalized spacial score (nSPS) is 19.6. The van der Waals surface area contributed by atoms with E-state index >= 15 is 0 Å². The smallest absolute Gasteiger partial charge is 0.127 e. The first-order valence-corrected chi connectivity index (χ1v) is 6.92. The summed E-state index contributed by atoms with van der Waals surface area (Å²) in [5.74, 6) is 1.11. The van der Waals surface area contributed by atoms with E-state index in [1.165, 1.54) is 11.1 Å². The number of benzene rings is 1. The molecule has 100 valence electrons. The van der Waals surface area contributed by atoms with E-state index in [-0.39, 0.29) is 5.41 Å². The first-order chi connectivity index (χ1) is 8.39. The molecule has 0 saturated heterocycles. The molecular weight excluding hydrogens is 222 g/mol. The van der Waals surface area contributed by atoms with Crippen LogP contribution in [0.5, 0.6) is 5.75 Å². The van der Waals surface area contributed by atoms with Gasteiger partial charge in [0.1, 0.15) is 5.75 Å². The molecule has 0 aromatic heterocycles. The standard InChI is InChI=1S/C16H25NO/c1-11(2)17-14-9-10-18-15-12(14)7-6-8-13(15)16(3,4)5/h6-8,11,14,17H,9-10H2,1-5H3. The fourth-order valence-electron chi connectivity index (χ4n) is 2.59. The molecule has 0 radical (unpaired) electrons. The number of rotatable bonds is 2. The van der Waals surface area contributed by atoms with Crippen molar-refractivity contribution in [2.24, 2.45) is 0 Å². The summed E-state index contributed by atoms with van der Waals surface area (Å²) in [5, 5.41) is 3.64. The van der Waals surface area contributed by atoms with Gasteiger partial charge in [-0.25, -0.2) is 0 Å². The highest BCUT2D eigenvalue weighted by molar-refractivity contribution is 5.47. The molecule has 1 aromatic carbocycles. The lowest BCUT2D eigenvalue weighted by Gasteiger charge is -2.32. The minimum Gasteiger partial charge on any atom is -0.493 e. The van der Waals surface area contributed by atoms with Crippen LogP contribution in [-0.4, -0.2) is 12.6 Å². The summed E-state index contributed by atoms with van der Waals surface area (Å²) in [4.78, 5) is 0. The maximum absolute atomic E-state index is 5.95. The predicted octanol–water partition coefficient (Wildman–Crippen LogP) is 3.81. The van der Waals surface area contributed by atoms with Gasteiger partial charge in [0.25, 0.3) is 0 Å². The molecule has 18 heavy (non-hydrogen) atoms. The maximum Gasteiger partial charge on any atom is 0.127 e. The topological polar surface area (TPSA) is 21.3 Å². The molecule has 2 rings (SSSR count). The van der Waals surface area contributed by atoms with Crippen LogP contribution in [0.25, 0.3) is 0 Å². The number of fused-ring (bicyclic) bond motifs is 1. The van der Waals surface area contributed by atoms with E-state index < -0.39 is 0 Å². The molecule has 0 saturated carbocycles. The van der Waals surface area contributed by atoms with Crippen LogP contribution in [0.1, 0.15) is 58.2 Å². The third-order valence-corrected chi connectivity index (χ3v) is 3.42. The third kappa shape index (κ3) is 2.69. The Labute approximate surface area is 111 Å². The summed E-state index contributed by atoms with van der Waals surface area (Å²) in [6.07, 6.45) is 1.05. The second-order valence-corrected chi connectivity index (χ2v) is 6.49. The molecule has 0 amide bonds. The Morgan fingerprint density at radius 3 is 2.61 bits per heavy atom. The quantitative estimate of drug-likeness (QED) is 0.858. The second kappa shape index (κ2) is 4.93. The second-order valence-electron chi connectivity index (χ2n) is 6.49. The van der Waals surface area contributed by atoms with Gasteiger partial charge in [-0.2, -0.15) is 0 Å². The fourth-order valence-corrected chi connectivity index (χ4v) is 2.59. The van der Waals surface area contributed by atoms with E-state index in [1.54, 1.807) is 0 Å². The zero-order valence-electron chi connectivity index (χ0n) is 12.2. The molecule has 2 heteroatoms. The largest absolute Gasteiger partial charge is 0.493 e. The Bertz CT molecular complexity index is 418. The van der Waals surface area contributed by atoms with Gasteiger partial charge in [0.15, 0.2) is 0 Å². The van der Waals surface area contributed by atoms with Gasteiger partial charge in [-0.05, 0) is 11.0 Å². The molecule has 1 aliphatic rings. The summed E-state index contributed by atoms with van der Waals surface area (Å²) < 4.78 is 5.95. The van der Waals surface area contributed by atoms with Crippen molar-refractivity contribution < 1.29 is 4.74 Å². The molecule has 1 aromatic rings. The highest BCUT2D eigenvalue weighted by atomic mass is 16.5. The van der Waals surface area contributed by atoms with Gasteiger partial charge in [0, 0.05) is 24.1 Å². The number of nitrogens with one attached hydrogen (secondary N) is 1. The van der Waals surface area contributed by atoms with Gasteiger partial charge in [-0.3, -0.25) is 0 Å². The molecule has 1 N–H and O–H groups in total. The number of para-hydroxylation sites is 1. The van der Waals surface area contributed by atoms with Crippen LogP contribution in [0, 0.1) is 0 Å². The Kier molecular flexibility index (Phi) is 3.67. The van der Waals surface area contributed by atoms with Crippen molar-refractivity contribution in [3.05, 3.63) is 29.3 Å². The average molecular weight is 247 g/mol. The molecule has 1 atom stereocenters. The molecule has 0 aliphatic carbocycles. The molecule has 0 spiro atoms. The van der Waals surface area contributed by atoms with Crippen LogP contribution in [0.2, 0.25) is 0 Å². The number of ether oxygens (including phenoxy) is 1. The zero-order valence-corrected chi connectivity index (χ0v) is 12.2. The average Bonchev–Trinajstić information content (AvgIpc) is 2.26. The molecule has 1 unspecified atom stereocenters. The monoisotopic (exact) mass is 247 g/mol. The lowest BCUT2D eigenvalue weighted by molar-refractivity contribution is 0.241. The highest BCUT2D eigenvalue weighted by Crippen LogP contribution is 2.40. The SMILES string of the molecule is CC(C)NC1CCOc2c1cccc2C(C)(C)C. The number of hydrogen-bond donors (Lipinski definition) is 1. The third-order valence-electron chi connectivity index (χ3n) is 3.42. The van der Waals surface area contributed by atoms with Crippen molar-refractivity contribution >= 4 is 0 Å². The summed E-state index contributed by atoms with van der Waals surface area (Å²) >= 11 is 0. The van der Waals surface area contributed by atoms with E-state index in [0.717, 1.165) is 18.8 Å². The molecule has 0 fully saturated rings. The van der Waals surface area contributed by atoms with E-state index in [4.69, 9.17) is 4.74 Å². The Morgan fingerprint density at radius 1 is 1.28 bits per heavy atom. The zero-order chi connectivity index (χ0) is 13.3. The molecule has 1 aliphatic heterocycles. The summed E-state index contributed by atoms with van der Waals surface area (Å²) in [6, 6.07) is 7.47. The molecule has 1 heterocycles. The van der Waals surface area contributed by atoms with Crippen LogP contribution in [0.4, 0.5) is 0 Å². The van der Waals surface area contributed by atoms with Crippen molar-refractivity contribution in [2.45, 2.75) is 58.5 Å². The Morgan fingerprint density at radius 2 is 2.00 bits per heavy atom. The van der Waals surface area contributed by atoms with Gasteiger partial charge < -0.3 is 10.1 Å². The fraction of sp³-hybridized carbons (Fsp3) is 0.625. The first-order valence-electron chi connectivity index (χ1n) is 6.92. The number of hydrogen-bond acceptors (Lipinski definition) is 2. The predicted molar refractivity (Wildman–Crippen MR) is 76.3 cm³/mol. The van der Waals surface area contributed by atoms with Crippen LogP contribution >= 0.6 is 0 Å². The van der Waals surface area contributed by atoms with Crippen molar-refractivity contribution in [3.8, 4) is 5.75 Å². The van der Waals surface area contributed by atoms with E-state index in [9.17, 15) is 0 Å². The Hall–Kier alpha value is -1.02. The van der Waals surface area contributed by atoms with Gasteiger partial charge >= 0.3 is 0 Å². The highest BCUT2D eigenvalue weighted by Gasteiger charge is 2.27. The summed E-state index contributed by atoms with van der Waals surface area (Å²) in [7, 11) is 0. The van der Waals surface area contributed by atoms with E-state index in [1.807, 2.05) is 0 Å². The Balaban J connectivity index is 2.41. The molecule has 0 bridgehead atoms. The van der Waals surface area contributed by atoms with Crippen molar-refractivity contribution in [1.29, 1.82) is 0 Å². The lowest BCUT2D eigenvalue weighted by Crippen LogP contribution is -2.32. The van der Waals surface area contributed by atoms with E-state index in [2.05, 4.69) is 58.1 Å². The van der Waals surface area contributed by atoms with Crippen LogP contribution in [0.15, 0.2) is 18.2 Å². The van der Waals surface area contributed by atoms with E-state index in [0.29, 0.717) is 12.1 Å². The minimum absolute atomic E-state index is 0.130. The van der Waals surface area contributed by atoms with Gasteiger partial charge in [0.05, 0.1) is 6.61 Å². The maximum atomic E-state index is 5.95. The summed E-state index contributed by atoms with van der Waals surface area (Å²) in [5.41, 5.74) is 2.77. The van der Waals surface area contributed by atoms with Crippen LogP contribution in [-0.2, 0) is 5.41 Å². The summed E-state index contributed by atoms with van der Waals surface area (Å²) in [6.45, 7) is 11.9. The van der Waals surface area contributed by atoms with Crippen molar-refractivity contribution in [3.63, 3.8) is 0 Å². The van der Waals surface area contributed by atoms with Crippen LogP contribution in [0.3, 0.4) is 0 Å². The molecule has 2 nitrogen and oxygen atoms in total. The van der Waals surface area contributed by atoms with Gasteiger partial charge in [-0.1, -0.05) is 52.8 Å². The van der Waals surface area contributed by atoms with Gasteiger partial charge in [0.2, 0.25) is 0 Å². The van der Waals surface area contributed by atoms with Crippen molar-refractivity contribution in [1.82, 2.24) is 5.32 Å². The minimum atomic E-state index is 0.130. The lowest BCUT2D eigenvalue weighted by atomic mass is 9.83. The first kappa shape index (κ1) is 13.4. The van der Waals surface area contributed by atoms with Crippen molar-refractivity contribution in [2.75, 3.05) is 6.61 Å². The van der Waals surface area contributed by atoms with Gasteiger partial charge in [-0.15, -0.1) is 0 Å².